The fourth-order valence-corrected chi connectivity index (χ4v) is 2.43. The van der Waals surface area contributed by atoms with Gasteiger partial charge in [-0.05, 0) is 50.2 Å². The van der Waals surface area contributed by atoms with Gasteiger partial charge in [-0.2, -0.15) is 0 Å². The van der Waals surface area contributed by atoms with Gasteiger partial charge in [0.05, 0.1) is 18.8 Å². The van der Waals surface area contributed by atoms with Gasteiger partial charge < -0.3 is 19.0 Å². The van der Waals surface area contributed by atoms with Gasteiger partial charge in [0, 0.05) is 11.1 Å². The van der Waals surface area contributed by atoms with E-state index in [2.05, 4.69) is 10.2 Å². The predicted octanol–water partition coefficient (Wildman–Crippen LogP) is 3.90. The molecule has 26 heavy (non-hydrogen) atoms. The van der Waals surface area contributed by atoms with Crippen LogP contribution in [-0.4, -0.2) is 34.5 Å². The molecule has 0 saturated carbocycles. The topological polar surface area (TPSA) is 94.7 Å². The fraction of sp³-hybridized carbons (Fsp3) is 0.211. The molecule has 1 heterocycles. The second-order valence-electron chi connectivity index (χ2n) is 5.33. The summed E-state index contributed by atoms with van der Waals surface area (Å²) in [4.78, 5) is 11.1. The van der Waals surface area contributed by atoms with Gasteiger partial charge in [0.1, 0.15) is 0 Å². The number of rotatable bonds is 7. The van der Waals surface area contributed by atoms with Crippen LogP contribution in [0, 0.1) is 0 Å². The molecular weight excluding hydrogens is 336 g/mol. The lowest BCUT2D eigenvalue weighted by atomic mass is 10.1. The maximum absolute atomic E-state index is 11.1. The molecule has 1 N–H and O–H groups in total. The molecule has 3 rings (SSSR count). The second kappa shape index (κ2) is 7.69. The molecule has 1 aromatic heterocycles. The Hall–Kier alpha value is -3.35. The van der Waals surface area contributed by atoms with Crippen LogP contribution in [0.5, 0.6) is 11.5 Å². The zero-order valence-electron chi connectivity index (χ0n) is 14.4. The van der Waals surface area contributed by atoms with Crippen LogP contribution < -0.4 is 9.47 Å². The van der Waals surface area contributed by atoms with Crippen molar-refractivity contribution in [2.75, 3.05) is 13.2 Å². The maximum Gasteiger partial charge on any atom is 0.335 e. The van der Waals surface area contributed by atoms with E-state index < -0.39 is 5.97 Å². The van der Waals surface area contributed by atoms with Crippen LogP contribution in [0.4, 0.5) is 0 Å². The number of carbonyl (C=O) groups is 1. The molecule has 0 unspecified atom stereocenters. The van der Waals surface area contributed by atoms with Crippen molar-refractivity contribution in [3.05, 3.63) is 48.0 Å². The summed E-state index contributed by atoms with van der Waals surface area (Å²) in [6.45, 7) is 4.83. The minimum atomic E-state index is -1.01. The minimum Gasteiger partial charge on any atom is -0.490 e. The highest BCUT2D eigenvalue weighted by atomic mass is 16.5. The first kappa shape index (κ1) is 17.5. The smallest absolute Gasteiger partial charge is 0.335 e. The van der Waals surface area contributed by atoms with Crippen molar-refractivity contribution < 1.29 is 23.8 Å². The first-order chi connectivity index (χ1) is 12.6. The van der Waals surface area contributed by atoms with Crippen molar-refractivity contribution in [2.24, 2.45) is 0 Å². The number of carboxylic acid groups (broad SMARTS) is 1. The van der Waals surface area contributed by atoms with Gasteiger partial charge >= 0.3 is 5.97 Å². The molecule has 0 aliphatic carbocycles. The summed E-state index contributed by atoms with van der Waals surface area (Å²) in [6.07, 6.45) is 0. The van der Waals surface area contributed by atoms with Gasteiger partial charge in [-0.25, -0.2) is 4.79 Å². The van der Waals surface area contributed by atoms with E-state index in [-0.39, 0.29) is 11.5 Å². The highest BCUT2D eigenvalue weighted by Gasteiger charge is 2.15. The molecule has 3 aromatic rings. The first-order valence-corrected chi connectivity index (χ1v) is 8.19. The lowest BCUT2D eigenvalue weighted by Gasteiger charge is -2.11. The van der Waals surface area contributed by atoms with Gasteiger partial charge in [0.15, 0.2) is 11.5 Å². The number of nitrogens with zero attached hydrogens (tertiary/aromatic N) is 2. The largest absolute Gasteiger partial charge is 0.490 e. The van der Waals surface area contributed by atoms with E-state index >= 15 is 0 Å². The third-order valence-corrected chi connectivity index (χ3v) is 3.57. The summed E-state index contributed by atoms with van der Waals surface area (Å²) in [7, 11) is 0. The molecule has 0 aliphatic rings. The molecule has 134 valence electrons. The number of hydrogen-bond acceptors (Lipinski definition) is 6. The number of hydrogen-bond donors (Lipinski definition) is 1. The standard InChI is InChI=1S/C19H18N2O5/c1-3-24-15-9-8-13(11-16(15)25-4-2)18-21-20-17(26-18)12-6-5-7-14(10-12)19(22)23/h5-11H,3-4H2,1-2H3,(H,22,23). The summed E-state index contributed by atoms with van der Waals surface area (Å²) in [5.41, 5.74) is 1.38. The second-order valence-corrected chi connectivity index (χ2v) is 5.33. The molecule has 0 spiro atoms. The summed E-state index contributed by atoms with van der Waals surface area (Å²) in [5, 5.41) is 17.2. The van der Waals surface area contributed by atoms with E-state index in [9.17, 15) is 4.79 Å². The number of aromatic nitrogens is 2. The average Bonchev–Trinajstić information content (AvgIpc) is 3.14. The van der Waals surface area contributed by atoms with Crippen LogP contribution in [0.2, 0.25) is 0 Å². The van der Waals surface area contributed by atoms with E-state index in [1.54, 1.807) is 30.3 Å². The summed E-state index contributed by atoms with van der Waals surface area (Å²) < 4.78 is 16.9. The Balaban J connectivity index is 1.93. The quantitative estimate of drug-likeness (QED) is 0.687. The van der Waals surface area contributed by atoms with Crippen LogP contribution in [0.15, 0.2) is 46.9 Å². The number of carboxylic acids is 1. The van der Waals surface area contributed by atoms with Crippen LogP contribution in [-0.2, 0) is 0 Å². The van der Waals surface area contributed by atoms with E-state index in [1.807, 2.05) is 13.8 Å². The van der Waals surface area contributed by atoms with Gasteiger partial charge in [0.2, 0.25) is 11.8 Å². The average molecular weight is 354 g/mol. The van der Waals surface area contributed by atoms with Gasteiger partial charge in [-0.3, -0.25) is 0 Å². The molecule has 7 heteroatoms. The molecule has 0 bridgehead atoms. The van der Waals surface area contributed by atoms with Crippen molar-refractivity contribution in [1.82, 2.24) is 10.2 Å². The maximum atomic E-state index is 11.1. The van der Waals surface area contributed by atoms with Crippen molar-refractivity contribution in [3.8, 4) is 34.4 Å². The van der Waals surface area contributed by atoms with E-state index in [1.165, 1.54) is 12.1 Å². The van der Waals surface area contributed by atoms with Crippen molar-refractivity contribution in [1.29, 1.82) is 0 Å². The zero-order chi connectivity index (χ0) is 18.5. The van der Waals surface area contributed by atoms with Gasteiger partial charge in [-0.1, -0.05) is 6.07 Å². The Bertz CT molecular complexity index is 920. The van der Waals surface area contributed by atoms with Crippen LogP contribution in [0.25, 0.3) is 22.9 Å². The number of aromatic carboxylic acids is 1. The summed E-state index contributed by atoms with van der Waals surface area (Å²) in [6, 6.07) is 11.7. The monoisotopic (exact) mass is 354 g/mol. The van der Waals surface area contributed by atoms with E-state index in [0.717, 1.165) is 0 Å². The third-order valence-electron chi connectivity index (χ3n) is 3.57. The van der Waals surface area contributed by atoms with Gasteiger partial charge in [-0.15, -0.1) is 10.2 Å². The van der Waals surface area contributed by atoms with Crippen molar-refractivity contribution in [2.45, 2.75) is 13.8 Å². The SMILES string of the molecule is CCOc1ccc(-c2nnc(-c3cccc(C(=O)O)c3)o2)cc1OCC. The molecule has 2 aromatic carbocycles. The third kappa shape index (κ3) is 3.66. The van der Waals surface area contributed by atoms with Crippen molar-refractivity contribution >= 4 is 5.97 Å². The van der Waals surface area contributed by atoms with Crippen LogP contribution in [0.1, 0.15) is 24.2 Å². The predicted molar refractivity (Wildman–Crippen MR) is 94.5 cm³/mol. The molecule has 0 saturated heterocycles. The molecule has 0 amide bonds. The first-order valence-electron chi connectivity index (χ1n) is 8.19. The van der Waals surface area contributed by atoms with Gasteiger partial charge in [0.25, 0.3) is 0 Å². The van der Waals surface area contributed by atoms with E-state index in [4.69, 9.17) is 19.0 Å². The number of ether oxygens (including phenoxy) is 2. The minimum absolute atomic E-state index is 0.155. The Morgan fingerprint density at radius 2 is 1.62 bits per heavy atom. The molecule has 0 atom stereocenters. The lowest BCUT2D eigenvalue weighted by molar-refractivity contribution is 0.0697. The van der Waals surface area contributed by atoms with Crippen LogP contribution in [0.3, 0.4) is 0 Å². The zero-order valence-corrected chi connectivity index (χ0v) is 14.4. The molecular formula is C19H18N2O5. The lowest BCUT2D eigenvalue weighted by Crippen LogP contribution is -1.98. The Morgan fingerprint density at radius 3 is 2.27 bits per heavy atom. The summed E-state index contributed by atoms with van der Waals surface area (Å²) >= 11 is 0. The molecule has 7 nitrogen and oxygen atoms in total. The highest BCUT2D eigenvalue weighted by Crippen LogP contribution is 2.33. The van der Waals surface area contributed by atoms with Crippen molar-refractivity contribution in [3.63, 3.8) is 0 Å². The number of benzene rings is 2. The van der Waals surface area contributed by atoms with Crippen LogP contribution >= 0.6 is 0 Å². The fourth-order valence-electron chi connectivity index (χ4n) is 2.43. The molecule has 0 radical (unpaired) electrons. The summed E-state index contributed by atoms with van der Waals surface area (Å²) in [5.74, 6) is 0.783. The molecule has 0 fully saturated rings. The normalized spacial score (nSPS) is 10.5. The highest BCUT2D eigenvalue weighted by molar-refractivity contribution is 5.89. The van der Waals surface area contributed by atoms with E-state index in [0.29, 0.717) is 41.7 Å². The Morgan fingerprint density at radius 1 is 0.962 bits per heavy atom. The Labute approximate surface area is 150 Å². The Kier molecular flexibility index (Phi) is 5.17. The molecule has 0 aliphatic heterocycles.